The summed E-state index contributed by atoms with van der Waals surface area (Å²) >= 11 is 0. The first-order valence-electron chi connectivity index (χ1n) is 8.24. The van der Waals surface area contributed by atoms with E-state index in [0.29, 0.717) is 42.5 Å². The van der Waals surface area contributed by atoms with Crippen molar-refractivity contribution >= 4 is 0 Å². The molecule has 1 heterocycles. The molecule has 3 fully saturated rings. The Kier molecular flexibility index (Phi) is 4.37. The lowest BCUT2D eigenvalue weighted by molar-refractivity contribution is -0.177. The first-order chi connectivity index (χ1) is 9.63. The summed E-state index contributed by atoms with van der Waals surface area (Å²) in [5, 5.41) is 13.6. The molecule has 2 saturated carbocycles. The van der Waals surface area contributed by atoms with Crippen LogP contribution in [0.1, 0.15) is 39.5 Å². The average Bonchev–Trinajstić information content (AvgIpc) is 2.72. The third-order valence-corrected chi connectivity index (χ3v) is 5.37. The van der Waals surface area contributed by atoms with Crippen LogP contribution in [0.25, 0.3) is 0 Å². The number of hydrogen-bond acceptors (Lipinski definition) is 4. The van der Waals surface area contributed by atoms with Crippen LogP contribution in [0.15, 0.2) is 0 Å². The second kappa shape index (κ2) is 5.91. The molecule has 0 aromatic rings. The van der Waals surface area contributed by atoms with Gasteiger partial charge in [0.2, 0.25) is 0 Å². The zero-order chi connectivity index (χ0) is 14.2. The fourth-order valence-corrected chi connectivity index (χ4v) is 4.32. The Morgan fingerprint density at radius 3 is 2.80 bits per heavy atom. The predicted octanol–water partition coefficient (Wildman–Crippen LogP) is 1.57. The second-order valence-corrected chi connectivity index (χ2v) is 7.30. The number of hydrogen-bond donors (Lipinski definition) is 2. The molecule has 116 valence electrons. The van der Waals surface area contributed by atoms with Crippen LogP contribution < -0.4 is 5.32 Å². The minimum atomic E-state index is -0.396. The van der Waals surface area contributed by atoms with Crippen molar-refractivity contribution in [2.75, 3.05) is 26.4 Å². The summed E-state index contributed by atoms with van der Waals surface area (Å²) in [6.45, 7) is 6.99. The van der Waals surface area contributed by atoms with E-state index in [1.54, 1.807) is 0 Å². The van der Waals surface area contributed by atoms with Gasteiger partial charge in [0.1, 0.15) is 0 Å². The van der Waals surface area contributed by atoms with E-state index in [0.717, 1.165) is 13.2 Å². The summed E-state index contributed by atoms with van der Waals surface area (Å²) in [5.74, 6) is 1.20. The molecule has 20 heavy (non-hydrogen) atoms. The molecule has 2 N–H and O–H groups in total. The maximum absolute atomic E-state index is 10.0. The van der Waals surface area contributed by atoms with Gasteiger partial charge in [-0.05, 0) is 25.2 Å². The van der Waals surface area contributed by atoms with Crippen molar-refractivity contribution in [3.63, 3.8) is 0 Å². The van der Waals surface area contributed by atoms with Crippen LogP contribution in [0.2, 0.25) is 0 Å². The fraction of sp³-hybridized carbons (Fsp3) is 1.00. The van der Waals surface area contributed by atoms with E-state index in [1.165, 1.54) is 25.7 Å². The molecular formula is C16H29NO3. The van der Waals surface area contributed by atoms with Gasteiger partial charge in [0.25, 0.3) is 0 Å². The Hall–Kier alpha value is -0.160. The van der Waals surface area contributed by atoms with Crippen molar-refractivity contribution in [2.24, 2.45) is 17.3 Å². The number of aliphatic hydroxyl groups is 1. The van der Waals surface area contributed by atoms with E-state index in [9.17, 15) is 5.11 Å². The van der Waals surface area contributed by atoms with E-state index in [-0.39, 0.29) is 0 Å². The van der Waals surface area contributed by atoms with E-state index in [1.807, 2.05) is 0 Å². The molecular weight excluding hydrogens is 254 g/mol. The summed E-state index contributed by atoms with van der Waals surface area (Å²) in [6, 6.07) is 0.559. The van der Waals surface area contributed by atoms with Crippen molar-refractivity contribution in [3.05, 3.63) is 0 Å². The van der Waals surface area contributed by atoms with Crippen LogP contribution in [-0.2, 0) is 9.47 Å². The highest BCUT2D eigenvalue weighted by Crippen LogP contribution is 2.62. The van der Waals surface area contributed by atoms with Gasteiger partial charge >= 0.3 is 0 Å². The lowest BCUT2D eigenvalue weighted by atomic mass is 9.46. The molecule has 0 amide bonds. The van der Waals surface area contributed by atoms with E-state index >= 15 is 0 Å². The van der Waals surface area contributed by atoms with E-state index in [2.05, 4.69) is 19.2 Å². The Bertz CT molecular complexity index is 330. The quantitative estimate of drug-likeness (QED) is 0.744. The fourth-order valence-electron chi connectivity index (χ4n) is 4.32. The van der Waals surface area contributed by atoms with Crippen LogP contribution in [0.4, 0.5) is 0 Å². The third kappa shape index (κ3) is 2.52. The zero-order valence-corrected chi connectivity index (χ0v) is 12.8. The maximum Gasteiger partial charge on any atom is 0.0897 e. The molecule has 4 unspecified atom stereocenters. The molecule has 2 aliphatic carbocycles. The number of nitrogens with one attached hydrogen (secondary N) is 1. The maximum atomic E-state index is 10.0. The summed E-state index contributed by atoms with van der Waals surface area (Å²) in [4.78, 5) is 0. The molecule has 0 radical (unpaired) electrons. The molecule has 0 aromatic carbocycles. The minimum absolute atomic E-state index is 0.396. The van der Waals surface area contributed by atoms with Gasteiger partial charge in [0.15, 0.2) is 0 Å². The topological polar surface area (TPSA) is 50.7 Å². The molecule has 3 aliphatic rings. The molecule has 0 aromatic heterocycles. The molecule has 1 saturated heterocycles. The molecule has 4 atom stereocenters. The Morgan fingerprint density at radius 1 is 1.35 bits per heavy atom. The Labute approximate surface area is 122 Å². The zero-order valence-electron chi connectivity index (χ0n) is 12.8. The number of fused-ring (bicyclic) bond motifs is 2. The number of ether oxygens (including phenoxy) is 2. The largest absolute Gasteiger partial charge is 0.389 e. The van der Waals surface area contributed by atoms with Crippen molar-refractivity contribution in [1.29, 1.82) is 0 Å². The number of rotatable bonds is 7. The lowest BCUT2D eigenvalue weighted by Gasteiger charge is -2.63. The van der Waals surface area contributed by atoms with Gasteiger partial charge in [-0.1, -0.05) is 20.3 Å². The highest BCUT2D eigenvalue weighted by atomic mass is 16.5. The monoisotopic (exact) mass is 283 g/mol. The summed E-state index contributed by atoms with van der Waals surface area (Å²) < 4.78 is 11.4. The molecule has 3 rings (SSSR count). The molecule has 0 bridgehead atoms. The van der Waals surface area contributed by atoms with Crippen LogP contribution in [0.3, 0.4) is 0 Å². The summed E-state index contributed by atoms with van der Waals surface area (Å²) in [6.07, 6.45) is 5.22. The van der Waals surface area contributed by atoms with Gasteiger partial charge in [-0.15, -0.1) is 0 Å². The summed E-state index contributed by atoms with van der Waals surface area (Å²) in [5.41, 5.74) is 0.402. The van der Waals surface area contributed by atoms with Crippen molar-refractivity contribution in [1.82, 2.24) is 5.32 Å². The van der Waals surface area contributed by atoms with Gasteiger partial charge in [0.05, 0.1) is 18.8 Å². The van der Waals surface area contributed by atoms with Crippen molar-refractivity contribution < 1.29 is 14.6 Å². The third-order valence-electron chi connectivity index (χ3n) is 5.37. The standard InChI is InChI=1S/C16H29NO3/c1-11(2)9-19-10-12(18)8-17-14-13-4-7-20-15(13)16(14)5-3-6-16/h11-15,17-18H,3-10H2,1-2H3. The average molecular weight is 283 g/mol. The molecule has 4 heteroatoms. The summed E-state index contributed by atoms with van der Waals surface area (Å²) in [7, 11) is 0. The first kappa shape index (κ1) is 14.8. The van der Waals surface area contributed by atoms with Crippen LogP contribution in [0, 0.1) is 17.3 Å². The van der Waals surface area contributed by atoms with E-state index < -0.39 is 6.10 Å². The highest BCUT2D eigenvalue weighted by molar-refractivity contribution is 5.18. The smallest absolute Gasteiger partial charge is 0.0897 e. The molecule has 1 spiro atoms. The molecule has 1 aliphatic heterocycles. The molecule has 4 nitrogen and oxygen atoms in total. The second-order valence-electron chi connectivity index (χ2n) is 7.30. The number of aliphatic hydroxyl groups excluding tert-OH is 1. The van der Waals surface area contributed by atoms with Crippen LogP contribution in [-0.4, -0.2) is 49.7 Å². The van der Waals surface area contributed by atoms with Gasteiger partial charge in [-0.2, -0.15) is 0 Å². The van der Waals surface area contributed by atoms with E-state index in [4.69, 9.17) is 9.47 Å². The van der Waals surface area contributed by atoms with Crippen molar-refractivity contribution in [2.45, 2.75) is 57.8 Å². The van der Waals surface area contributed by atoms with Crippen LogP contribution >= 0.6 is 0 Å². The minimum Gasteiger partial charge on any atom is -0.389 e. The first-order valence-corrected chi connectivity index (χ1v) is 8.24. The lowest BCUT2D eigenvalue weighted by Crippen LogP contribution is -2.71. The van der Waals surface area contributed by atoms with Gasteiger partial charge < -0.3 is 19.9 Å². The van der Waals surface area contributed by atoms with Crippen molar-refractivity contribution in [3.8, 4) is 0 Å². The van der Waals surface area contributed by atoms with Crippen LogP contribution in [0.5, 0.6) is 0 Å². The van der Waals surface area contributed by atoms with Gasteiger partial charge in [0, 0.05) is 37.1 Å². The van der Waals surface area contributed by atoms with Gasteiger partial charge in [-0.25, -0.2) is 0 Å². The Balaban J connectivity index is 1.41. The normalized spacial score (nSPS) is 35.7. The highest BCUT2D eigenvalue weighted by Gasteiger charge is 2.66. The SMILES string of the molecule is CC(C)COCC(O)CNC1C2CCOC2C12CCC2. The van der Waals surface area contributed by atoms with Gasteiger partial charge in [-0.3, -0.25) is 0 Å². The predicted molar refractivity (Wildman–Crippen MR) is 77.6 cm³/mol. The Morgan fingerprint density at radius 2 is 2.15 bits per heavy atom.